The van der Waals surface area contributed by atoms with Crippen LogP contribution in [0.25, 0.3) is 0 Å². The molecule has 1 aliphatic heterocycles. The Morgan fingerprint density at radius 2 is 1.75 bits per heavy atom. The maximum atomic E-state index is 12.8. The van der Waals surface area contributed by atoms with E-state index in [-0.39, 0.29) is 17.6 Å². The van der Waals surface area contributed by atoms with Crippen LogP contribution in [0.5, 0.6) is 0 Å². The lowest BCUT2D eigenvalue weighted by Gasteiger charge is -2.35. The Hall–Kier alpha value is -1.48. The van der Waals surface area contributed by atoms with E-state index >= 15 is 0 Å². The lowest BCUT2D eigenvalue weighted by molar-refractivity contribution is -0.137. The highest BCUT2D eigenvalue weighted by atomic mass is 32.2. The first kappa shape index (κ1) is 21.2. The van der Waals surface area contributed by atoms with Crippen molar-refractivity contribution in [3.63, 3.8) is 0 Å². The molecule has 0 aromatic carbocycles. The Labute approximate surface area is 171 Å². The topological polar surface area (TPSA) is 87.7 Å². The summed E-state index contributed by atoms with van der Waals surface area (Å²) in [5, 5.41) is 1.75. The summed E-state index contributed by atoms with van der Waals surface area (Å²) in [6.45, 7) is 4.61. The third-order valence-corrected chi connectivity index (χ3v) is 8.83. The first-order chi connectivity index (χ1) is 13.3. The van der Waals surface area contributed by atoms with E-state index in [1.165, 1.54) is 44.4 Å². The fraction of sp³-hybridized carbons (Fsp3) is 0.737. The third kappa shape index (κ3) is 4.92. The van der Waals surface area contributed by atoms with Crippen LogP contribution in [-0.2, 0) is 25.2 Å². The van der Waals surface area contributed by atoms with Gasteiger partial charge < -0.3 is 9.80 Å². The first-order valence-electron chi connectivity index (χ1n) is 9.98. The van der Waals surface area contributed by atoms with Crippen LogP contribution in [0.15, 0.2) is 5.38 Å². The minimum atomic E-state index is -3.64. The summed E-state index contributed by atoms with van der Waals surface area (Å²) in [5.74, 6) is -0.154. The number of carbonyl (C=O) groups is 2. The first-order valence-corrected chi connectivity index (χ1v) is 12.6. The highest BCUT2D eigenvalue weighted by Crippen LogP contribution is 2.34. The molecule has 1 saturated carbocycles. The normalized spacial score (nSPS) is 20.2. The molecule has 0 bridgehead atoms. The van der Waals surface area contributed by atoms with Crippen molar-refractivity contribution in [1.82, 2.24) is 14.8 Å². The minimum absolute atomic E-state index is 0.0231. The van der Waals surface area contributed by atoms with Crippen molar-refractivity contribution in [1.29, 1.82) is 0 Å². The van der Waals surface area contributed by atoms with Crippen molar-refractivity contribution >= 4 is 33.0 Å². The molecule has 1 atom stereocenters. The summed E-state index contributed by atoms with van der Waals surface area (Å²) in [4.78, 5) is 31.9. The van der Waals surface area contributed by atoms with Gasteiger partial charge in [-0.15, -0.1) is 11.3 Å². The molecule has 1 unspecified atom stereocenters. The van der Waals surface area contributed by atoms with Gasteiger partial charge in [0, 0.05) is 44.4 Å². The Balaban J connectivity index is 1.60. The van der Waals surface area contributed by atoms with Crippen LogP contribution in [-0.4, -0.2) is 66.4 Å². The molecule has 9 heteroatoms. The molecule has 28 heavy (non-hydrogen) atoms. The summed E-state index contributed by atoms with van der Waals surface area (Å²) in [5.41, 5.74) is 0.548. The Bertz CT molecular complexity index is 807. The number of hydrogen-bond acceptors (Lipinski definition) is 6. The molecule has 1 aliphatic carbocycles. The molecule has 0 radical (unpaired) electrons. The largest absolute Gasteiger partial charge is 0.339 e. The van der Waals surface area contributed by atoms with Crippen molar-refractivity contribution in [2.24, 2.45) is 0 Å². The number of piperazine rings is 1. The fourth-order valence-corrected chi connectivity index (χ4v) is 6.27. The molecule has 1 saturated heterocycles. The number of sulfone groups is 1. The second kappa shape index (κ2) is 8.90. The lowest BCUT2D eigenvalue weighted by atomic mass is 9.90. The number of aromatic nitrogens is 1. The fourth-order valence-electron chi connectivity index (χ4n) is 3.91. The van der Waals surface area contributed by atoms with Gasteiger partial charge in [0.05, 0.1) is 16.5 Å². The number of carbonyl (C=O) groups excluding carboxylic acids is 2. The van der Waals surface area contributed by atoms with Crippen LogP contribution in [0.4, 0.5) is 0 Å². The van der Waals surface area contributed by atoms with Crippen molar-refractivity contribution in [3.8, 4) is 0 Å². The van der Waals surface area contributed by atoms with Crippen LogP contribution in [0.3, 0.4) is 0 Å². The molecular formula is C19H29N3O4S2. The van der Waals surface area contributed by atoms with Gasteiger partial charge in [-0.1, -0.05) is 19.3 Å². The van der Waals surface area contributed by atoms with Gasteiger partial charge in [0.15, 0.2) is 9.84 Å². The molecule has 1 aromatic rings. The Morgan fingerprint density at radius 1 is 1.14 bits per heavy atom. The number of rotatable bonds is 5. The number of amides is 2. The van der Waals surface area contributed by atoms with Crippen LogP contribution in [0.2, 0.25) is 0 Å². The van der Waals surface area contributed by atoms with Gasteiger partial charge in [-0.05, 0) is 19.8 Å². The van der Waals surface area contributed by atoms with E-state index in [2.05, 4.69) is 4.98 Å². The predicted molar refractivity (Wildman–Crippen MR) is 109 cm³/mol. The maximum Gasteiger partial charge on any atom is 0.240 e. The molecule has 2 heterocycles. The SMILES string of the molecule is CC(=O)N1CCN(C(=O)C(C)S(=O)(=O)Cc2csc(C3CCCCC3)n2)CC1. The van der Waals surface area contributed by atoms with Gasteiger partial charge in [-0.2, -0.15) is 0 Å². The zero-order chi connectivity index (χ0) is 20.3. The van der Waals surface area contributed by atoms with Gasteiger partial charge in [-0.3, -0.25) is 9.59 Å². The molecule has 7 nitrogen and oxygen atoms in total. The van der Waals surface area contributed by atoms with Gasteiger partial charge in [0.1, 0.15) is 5.25 Å². The van der Waals surface area contributed by atoms with Crippen LogP contribution >= 0.6 is 11.3 Å². The lowest BCUT2D eigenvalue weighted by Crippen LogP contribution is -2.53. The van der Waals surface area contributed by atoms with E-state index in [0.717, 1.165) is 17.8 Å². The van der Waals surface area contributed by atoms with Crippen molar-refractivity contribution in [2.75, 3.05) is 26.2 Å². The highest BCUT2D eigenvalue weighted by molar-refractivity contribution is 7.92. The van der Waals surface area contributed by atoms with Gasteiger partial charge >= 0.3 is 0 Å². The minimum Gasteiger partial charge on any atom is -0.339 e. The molecule has 0 N–H and O–H groups in total. The predicted octanol–water partition coefficient (Wildman–Crippen LogP) is 2.18. The molecular weight excluding hydrogens is 398 g/mol. The summed E-state index contributed by atoms with van der Waals surface area (Å²) >= 11 is 1.54. The third-order valence-electron chi connectivity index (χ3n) is 5.80. The van der Waals surface area contributed by atoms with Crippen molar-refractivity contribution in [3.05, 3.63) is 16.1 Å². The Kier molecular flexibility index (Phi) is 6.75. The second-order valence-corrected chi connectivity index (χ2v) is 11.0. The summed E-state index contributed by atoms with van der Waals surface area (Å²) in [6.07, 6.45) is 5.94. The molecule has 2 aliphatic rings. The van der Waals surface area contributed by atoms with Crippen molar-refractivity contribution < 1.29 is 18.0 Å². The summed E-state index contributed by atoms with van der Waals surface area (Å²) in [6, 6.07) is 0. The number of thiazole rings is 1. The molecule has 0 spiro atoms. The molecule has 156 valence electrons. The van der Waals surface area contributed by atoms with Crippen LogP contribution in [0, 0.1) is 0 Å². The van der Waals surface area contributed by atoms with E-state index in [0.29, 0.717) is 37.8 Å². The van der Waals surface area contributed by atoms with E-state index in [4.69, 9.17) is 0 Å². The maximum absolute atomic E-state index is 12.8. The summed E-state index contributed by atoms with van der Waals surface area (Å²) < 4.78 is 25.6. The monoisotopic (exact) mass is 427 g/mol. The van der Waals surface area contributed by atoms with E-state index in [1.54, 1.807) is 9.80 Å². The number of hydrogen-bond donors (Lipinski definition) is 0. The summed E-state index contributed by atoms with van der Waals surface area (Å²) in [7, 11) is -3.64. The van der Waals surface area contributed by atoms with E-state index < -0.39 is 15.1 Å². The standard InChI is InChI=1S/C19H29N3O4S2/c1-14(19(24)22-10-8-21(9-11-22)15(2)23)28(25,26)13-17-12-27-18(20-17)16-6-4-3-5-7-16/h12,14,16H,3-11,13H2,1-2H3. The van der Waals surface area contributed by atoms with Gasteiger partial charge in [0.2, 0.25) is 11.8 Å². The highest BCUT2D eigenvalue weighted by Gasteiger charge is 2.34. The smallest absolute Gasteiger partial charge is 0.240 e. The zero-order valence-electron chi connectivity index (χ0n) is 16.6. The van der Waals surface area contributed by atoms with E-state index in [1.807, 2.05) is 5.38 Å². The zero-order valence-corrected chi connectivity index (χ0v) is 18.2. The quantitative estimate of drug-likeness (QED) is 0.719. The van der Waals surface area contributed by atoms with Gasteiger partial charge in [0.25, 0.3) is 0 Å². The Morgan fingerprint density at radius 3 is 2.36 bits per heavy atom. The van der Waals surface area contributed by atoms with E-state index in [9.17, 15) is 18.0 Å². The van der Waals surface area contributed by atoms with Crippen LogP contribution in [0.1, 0.15) is 62.6 Å². The van der Waals surface area contributed by atoms with Gasteiger partial charge in [-0.25, -0.2) is 13.4 Å². The van der Waals surface area contributed by atoms with Crippen LogP contribution < -0.4 is 0 Å². The molecule has 1 aromatic heterocycles. The average Bonchev–Trinajstić information content (AvgIpc) is 3.15. The number of nitrogens with zero attached hydrogens (tertiary/aromatic N) is 3. The molecule has 2 amide bonds. The van der Waals surface area contributed by atoms with Crippen molar-refractivity contribution in [2.45, 2.75) is 62.9 Å². The molecule has 3 rings (SSSR count). The average molecular weight is 428 g/mol. The second-order valence-electron chi connectivity index (χ2n) is 7.79. The molecule has 2 fully saturated rings.